The number of hydrogen-bond donors (Lipinski definition) is 1. The molecule has 0 saturated carbocycles. The Morgan fingerprint density at radius 1 is 1.33 bits per heavy atom. The van der Waals surface area contributed by atoms with Crippen molar-refractivity contribution < 1.29 is 4.79 Å². The number of hydrogen-bond acceptors (Lipinski definition) is 2. The second kappa shape index (κ2) is 6.92. The number of carbonyl (C=O) groups is 1. The first kappa shape index (κ1) is 15.2. The second-order valence-electron chi connectivity index (χ2n) is 3.76. The van der Waals surface area contributed by atoms with E-state index < -0.39 is 0 Å². The van der Waals surface area contributed by atoms with Gasteiger partial charge in [-0.1, -0.05) is 35.4 Å². The molecule has 2 N–H and O–H groups in total. The highest BCUT2D eigenvalue weighted by Crippen LogP contribution is 2.20. The maximum absolute atomic E-state index is 12.2. The smallest absolute Gasteiger partial charge is 0.253 e. The Morgan fingerprint density at radius 3 is 2.33 bits per heavy atom. The topological polar surface area (TPSA) is 46.3 Å². The average Bonchev–Trinajstić information content (AvgIpc) is 2.27. The van der Waals surface area contributed by atoms with Crippen LogP contribution in [0, 0.1) is 0 Å². The number of amides is 1. The van der Waals surface area contributed by atoms with Gasteiger partial charge in [-0.15, -0.1) is 0 Å². The molecule has 1 aromatic rings. The van der Waals surface area contributed by atoms with E-state index in [4.69, 9.17) is 41.2 Å². The molecule has 6 heteroatoms. The maximum atomic E-state index is 12.2. The van der Waals surface area contributed by atoms with E-state index >= 15 is 0 Å². The molecule has 0 radical (unpaired) electrons. The van der Waals surface area contributed by atoms with E-state index in [2.05, 4.69) is 0 Å². The molecule has 0 aliphatic heterocycles. The van der Waals surface area contributed by atoms with E-state index in [0.29, 0.717) is 40.1 Å². The van der Waals surface area contributed by atoms with Crippen LogP contribution < -0.4 is 5.73 Å². The van der Waals surface area contributed by atoms with Crippen LogP contribution >= 0.6 is 35.4 Å². The van der Waals surface area contributed by atoms with Crippen molar-refractivity contribution >= 4 is 46.3 Å². The van der Waals surface area contributed by atoms with Crippen LogP contribution in [0.1, 0.15) is 23.7 Å². The van der Waals surface area contributed by atoms with E-state index in [0.717, 1.165) is 0 Å². The van der Waals surface area contributed by atoms with Crippen molar-refractivity contribution in [2.24, 2.45) is 5.73 Å². The minimum Gasteiger partial charge on any atom is -0.393 e. The first-order valence-corrected chi connectivity index (χ1v) is 6.64. The van der Waals surface area contributed by atoms with E-state index in [1.54, 1.807) is 23.1 Å². The predicted octanol–water partition coefficient (Wildman–Crippen LogP) is 3.13. The van der Waals surface area contributed by atoms with Crippen molar-refractivity contribution in [3.05, 3.63) is 33.8 Å². The molecule has 3 nitrogen and oxygen atoms in total. The SMILES string of the molecule is CCN(CCC(N)=S)C(=O)c1cc(Cl)cc(Cl)c1. The standard InChI is InChI=1S/C12H14Cl2N2OS/c1-2-16(4-3-11(15)18)12(17)8-5-9(13)7-10(14)6-8/h5-7H,2-4H2,1H3,(H2,15,18). The number of benzene rings is 1. The molecule has 0 unspecified atom stereocenters. The zero-order valence-electron chi connectivity index (χ0n) is 9.95. The highest BCUT2D eigenvalue weighted by Gasteiger charge is 2.15. The number of nitrogens with two attached hydrogens (primary N) is 1. The molecule has 0 bridgehead atoms. The van der Waals surface area contributed by atoms with Crippen molar-refractivity contribution in [1.29, 1.82) is 0 Å². The Hall–Kier alpha value is -0.840. The average molecular weight is 305 g/mol. The van der Waals surface area contributed by atoms with Gasteiger partial charge in [-0.3, -0.25) is 4.79 Å². The van der Waals surface area contributed by atoms with Crippen molar-refractivity contribution in [3.8, 4) is 0 Å². The molecular weight excluding hydrogens is 291 g/mol. The van der Waals surface area contributed by atoms with Gasteiger partial charge in [0.15, 0.2) is 0 Å². The van der Waals surface area contributed by atoms with E-state index in [9.17, 15) is 4.79 Å². The second-order valence-corrected chi connectivity index (χ2v) is 5.16. The van der Waals surface area contributed by atoms with E-state index in [1.165, 1.54) is 0 Å². The molecule has 0 aliphatic rings. The van der Waals surface area contributed by atoms with Crippen LogP contribution in [-0.4, -0.2) is 28.9 Å². The Bertz CT molecular complexity index is 445. The van der Waals surface area contributed by atoms with Gasteiger partial charge in [0.05, 0.1) is 4.99 Å². The fourth-order valence-electron chi connectivity index (χ4n) is 1.51. The summed E-state index contributed by atoms with van der Waals surface area (Å²) < 4.78 is 0. The van der Waals surface area contributed by atoms with Gasteiger partial charge in [-0.25, -0.2) is 0 Å². The van der Waals surface area contributed by atoms with Crippen molar-refractivity contribution in [1.82, 2.24) is 4.90 Å². The van der Waals surface area contributed by atoms with E-state index in [1.807, 2.05) is 6.92 Å². The highest BCUT2D eigenvalue weighted by molar-refractivity contribution is 7.80. The number of rotatable bonds is 5. The molecule has 0 saturated heterocycles. The third kappa shape index (κ3) is 4.44. The third-order valence-corrected chi connectivity index (χ3v) is 3.05. The number of halogens is 2. The monoisotopic (exact) mass is 304 g/mol. The van der Waals surface area contributed by atoms with Gasteiger partial charge in [0, 0.05) is 35.1 Å². The quantitative estimate of drug-likeness (QED) is 0.850. The van der Waals surface area contributed by atoms with Gasteiger partial charge in [0.2, 0.25) is 0 Å². The van der Waals surface area contributed by atoms with Crippen LogP contribution in [0.3, 0.4) is 0 Å². The largest absolute Gasteiger partial charge is 0.393 e. The normalized spacial score (nSPS) is 10.2. The lowest BCUT2D eigenvalue weighted by Gasteiger charge is -2.20. The fraction of sp³-hybridized carbons (Fsp3) is 0.333. The summed E-state index contributed by atoms with van der Waals surface area (Å²) in [7, 11) is 0. The molecule has 1 amide bonds. The summed E-state index contributed by atoms with van der Waals surface area (Å²) in [6.07, 6.45) is 0.503. The summed E-state index contributed by atoms with van der Waals surface area (Å²) in [6.45, 7) is 2.96. The summed E-state index contributed by atoms with van der Waals surface area (Å²) in [5.41, 5.74) is 5.90. The third-order valence-electron chi connectivity index (χ3n) is 2.41. The molecule has 0 atom stereocenters. The van der Waals surface area contributed by atoms with Crippen LogP contribution in [0.4, 0.5) is 0 Å². The maximum Gasteiger partial charge on any atom is 0.253 e. The fourth-order valence-corrected chi connectivity index (χ4v) is 2.13. The number of carbonyl (C=O) groups excluding carboxylic acids is 1. The lowest BCUT2D eigenvalue weighted by molar-refractivity contribution is 0.0769. The lowest BCUT2D eigenvalue weighted by atomic mass is 10.2. The Balaban J connectivity index is 2.85. The Morgan fingerprint density at radius 2 is 1.89 bits per heavy atom. The summed E-state index contributed by atoms with van der Waals surface area (Å²) in [5.74, 6) is -0.127. The summed E-state index contributed by atoms with van der Waals surface area (Å²) in [5, 5.41) is 0.882. The minimum atomic E-state index is -0.127. The first-order valence-electron chi connectivity index (χ1n) is 5.47. The van der Waals surface area contributed by atoms with Crippen LogP contribution in [0.2, 0.25) is 10.0 Å². The molecule has 18 heavy (non-hydrogen) atoms. The van der Waals surface area contributed by atoms with Crippen molar-refractivity contribution in [3.63, 3.8) is 0 Å². The molecular formula is C12H14Cl2N2OS. The van der Waals surface area contributed by atoms with Crippen molar-refractivity contribution in [2.45, 2.75) is 13.3 Å². The van der Waals surface area contributed by atoms with Crippen LogP contribution in [0.25, 0.3) is 0 Å². The van der Waals surface area contributed by atoms with Gasteiger partial charge < -0.3 is 10.6 Å². The molecule has 0 fully saturated rings. The minimum absolute atomic E-state index is 0.127. The summed E-state index contributed by atoms with van der Waals surface area (Å²) in [6, 6.07) is 4.78. The molecule has 0 spiro atoms. The van der Waals surface area contributed by atoms with Gasteiger partial charge >= 0.3 is 0 Å². The Kier molecular flexibility index (Phi) is 5.85. The van der Waals surface area contributed by atoms with Crippen LogP contribution in [-0.2, 0) is 0 Å². The van der Waals surface area contributed by atoms with E-state index in [-0.39, 0.29) is 5.91 Å². The molecule has 98 valence electrons. The van der Waals surface area contributed by atoms with Gasteiger partial charge in [-0.2, -0.15) is 0 Å². The molecule has 1 aromatic carbocycles. The lowest BCUT2D eigenvalue weighted by Crippen LogP contribution is -2.33. The molecule has 0 aliphatic carbocycles. The zero-order chi connectivity index (χ0) is 13.7. The Labute approximate surface area is 122 Å². The number of thiocarbonyl (C=S) groups is 1. The molecule has 0 heterocycles. The van der Waals surface area contributed by atoms with Crippen LogP contribution in [0.15, 0.2) is 18.2 Å². The molecule has 0 aromatic heterocycles. The predicted molar refractivity (Wildman–Crippen MR) is 79.4 cm³/mol. The number of nitrogens with zero attached hydrogens (tertiary/aromatic N) is 1. The highest BCUT2D eigenvalue weighted by atomic mass is 35.5. The summed E-state index contributed by atoms with van der Waals surface area (Å²) >= 11 is 16.6. The van der Waals surface area contributed by atoms with Gasteiger partial charge in [0.25, 0.3) is 5.91 Å². The van der Waals surface area contributed by atoms with Gasteiger partial charge in [-0.05, 0) is 25.1 Å². The van der Waals surface area contributed by atoms with Gasteiger partial charge in [0.1, 0.15) is 0 Å². The van der Waals surface area contributed by atoms with Crippen LogP contribution in [0.5, 0.6) is 0 Å². The summed E-state index contributed by atoms with van der Waals surface area (Å²) in [4.78, 5) is 14.3. The zero-order valence-corrected chi connectivity index (χ0v) is 12.3. The van der Waals surface area contributed by atoms with Crippen molar-refractivity contribution in [2.75, 3.05) is 13.1 Å². The molecule has 1 rings (SSSR count). The first-order chi connectivity index (χ1) is 8.43.